The smallest absolute Gasteiger partial charge is 0.220 e. The molecule has 0 spiro atoms. The van der Waals surface area contributed by atoms with Gasteiger partial charge in [-0.05, 0) is 42.5 Å². The molecule has 0 unspecified atom stereocenters. The second-order valence-electron chi connectivity index (χ2n) is 5.63. The van der Waals surface area contributed by atoms with E-state index in [9.17, 15) is 4.79 Å². The Morgan fingerprint density at radius 3 is 2.38 bits per heavy atom. The van der Waals surface area contributed by atoms with Crippen LogP contribution in [0.1, 0.15) is 24.0 Å². The van der Waals surface area contributed by atoms with Crippen molar-refractivity contribution in [3.8, 4) is 11.5 Å². The van der Waals surface area contributed by atoms with Crippen molar-refractivity contribution in [1.82, 2.24) is 5.32 Å². The highest BCUT2D eigenvalue weighted by Crippen LogP contribution is 2.27. The second-order valence-corrected chi connectivity index (χ2v) is 5.63. The molecule has 0 aliphatic carbocycles. The van der Waals surface area contributed by atoms with Gasteiger partial charge in [0.2, 0.25) is 5.91 Å². The maximum absolute atomic E-state index is 11.9. The van der Waals surface area contributed by atoms with E-state index >= 15 is 0 Å². The Morgan fingerprint density at radius 2 is 1.67 bits per heavy atom. The van der Waals surface area contributed by atoms with Gasteiger partial charge in [-0.15, -0.1) is 0 Å². The number of carbonyl (C=O) groups excluding carboxylic acids is 1. The van der Waals surface area contributed by atoms with E-state index in [0.717, 1.165) is 18.4 Å². The monoisotopic (exact) mass is 327 g/mol. The van der Waals surface area contributed by atoms with Crippen molar-refractivity contribution < 1.29 is 14.3 Å². The van der Waals surface area contributed by atoms with E-state index in [1.807, 2.05) is 36.4 Å². The van der Waals surface area contributed by atoms with Crippen LogP contribution in [0.2, 0.25) is 0 Å². The number of benzene rings is 2. The van der Waals surface area contributed by atoms with Crippen molar-refractivity contribution in [2.45, 2.75) is 25.7 Å². The fourth-order valence-electron chi connectivity index (χ4n) is 2.55. The molecule has 0 radical (unpaired) electrons. The van der Waals surface area contributed by atoms with E-state index in [1.54, 1.807) is 14.2 Å². The third-order valence-electron chi connectivity index (χ3n) is 3.90. The number of rotatable bonds is 9. The minimum absolute atomic E-state index is 0.0813. The SMILES string of the molecule is COc1ccc(CCC(=O)NCCCc2ccccc2)cc1OC. The van der Waals surface area contributed by atoms with Crippen LogP contribution < -0.4 is 14.8 Å². The second kappa shape index (κ2) is 9.60. The molecule has 2 aromatic rings. The number of aryl methyl sites for hydroxylation is 2. The van der Waals surface area contributed by atoms with Crippen molar-refractivity contribution in [3.63, 3.8) is 0 Å². The molecule has 0 atom stereocenters. The molecule has 4 heteroatoms. The number of carbonyl (C=O) groups is 1. The van der Waals surface area contributed by atoms with Crippen molar-refractivity contribution in [1.29, 1.82) is 0 Å². The summed E-state index contributed by atoms with van der Waals surface area (Å²) < 4.78 is 10.5. The van der Waals surface area contributed by atoms with E-state index in [0.29, 0.717) is 30.9 Å². The molecule has 0 aliphatic heterocycles. The van der Waals surface area contributed by atoms with Crippen LogP contribution in [0.25, 0.3) is 0 Å². The first kappa shape index (κ1) is 17.9. The molecule has 24 heavy (non-hydrogen) atoms. The van der Waals surface area contributed by atoms with Gasteiger partial charge in [-0.25, -0.2) is 0 Å². The zero-order valence-corrected chi connectivity index (χ0v) is 14.4. The number of ether oxygens (including phenoxy) is 2. The first-order valence-corrected chi connectivity index (χ1v) is 8.24. The minimum atomic E-state index is 0.0813. The van der Waals surface area contributed by atoms with E-state index < -0.39 is 0 Å². The highest BCUT2D eigenvalue weighted by molar-refractivity contribution is 5.76. The number of methoxy groups -OCH3 is 2. The molecule has 2 rings (SSSR count). The molecule has 128 valence electrons. The number of hydrogen-bond acceptors (Lipinski definition) is 3. The zero-order valence-electron chi connectivity index (χ0n) is 14.4. The van der Waals surface area contributed by atoms with E-state index in [1.165, 1.54) is 5.56 Å². The lowest BCUT2D eigenvalue weighted by Gasteiger charge is -2.10. The topological polar surface area (TPSA) is 47.6 Å². The molecule has 0 saturated carbocycles. The van der Waals surface area contributed by atoms with Crippen LogP contribution in [0, 0.1) is 0 Å². The molecule has 4 nitrogen and oxygen atoms in total. The summed E-state index contributed by atoms with van der Waals surface area (Å²) in [4.78, 5) is 11.9. The Labute approximate surface area is 143 Å². The van der Waals surface area contributed by atoms with Gasteiger partial charge in [0, 0.05) is 13.0 Å². The largest absolute Gasteiger partial charge is 0.493 e. The van der Waals surface area contributed by atoms with Crippen LogP contribution in [0.4, 0.5) is 0 Å². The van der Waals surface area contributed by atoms with Gasteiger partial charge in [-0.3, -0.25) is 4.79 Å². The van der Waals surface area contributed by atoms with Gasteiger partial charge in [-0.2, -0.15) is 0 Å². The zero-order chi connectivity index (χ0) is 17.2. The molecule has 0 fully saturated rings. The van der Waals surface area contributed by atoms with Crippen LogP contribution >= 0.6 is 0 Å². The number of nitrogens with one attached hydrogen (secondary N) is 1. The lowest BCUT2D eigenvalue weighted by atomic mass is 10.1. The number of amides is 1. The Morgan fingerprint density at radius 1 is 0.917 bits per heavy atom. The molecule has 0 saturated heterocycles. The fourth-order valence-corrected chi connectivity index (χ4v) is 2.55. The van der Waals surface area contributed by atoms with Crippen molar-refractivity contribution in [2.24, 2.45) is 0 Å². The van der Waals surface area contributed by atoms with Gasteiger partial charge >= 0.3 is 0 Å². The predicted molar refractivity (Wildman–Crippen MR) is 95.6 cm³/mol. The third kappa shape index (κ3) is 5.61. The van der Waals surface area contributed by atoms with Crippen LogP contribution in [0.15, 0.2) is 48.5 Å². The van der Waals surface area contributed by atoms with Gasteiger partial charge in [0.15, 0.2) is 11.5 Å². The van der Waals surface area contributed by atoms with Crippen LogP contribution in [-0.4, -0.2) is 26.7 Å². The summed E-state index contributed by atoms with van der Waals surface area (Å²) in [6.45, 7) is 0.708. The van der Waals surface area contributed by atoms with Crippen LogP contribution in [0.5, 0.6) is 11.5 Å². The first-order valence-electron chi connectivity index (χ1n) is 8.24. The van der Waals surface area contributed by atoms with E-state index in [-0.39, 0.29) is 5.91 Å². The standard InChI is InChI=1S/C20H25NO3/c1-23-18-12-10-17(15-19(18)24-2)11-13-20(22)21-14-6-9-16-7-4-3-5-8-16/h3-5,7-8,10,12,15H,6,9,11,13-14H2,1-2H3,(H,21,22). The van der Waals surface area contributed by atoms with Gasteiger partial charge in [0.05, 0.1) is 14.2 Å². The highest BCUT2D eigenvalue weighted by Gasteiger charge is 2.06. The van der Waals surface area contributed by atoms with Gasteiger partial charge < -0.3 is 14.8 Å². The van der Waals surface area contributed by atoms with Crippen LogP contribution in [0.3, 0.4) is 0 Å². The Hall–Kier alpha value is -2.49. The van der Waals surface area contributed by atoms with E-state index in [4.69, 9.17) is 9.47 Å². The molecular formula is C20H25NO3. The quantitative estimate of drug-likeness (QED) is 0.718. The molecule has 1 N–H and O–H groups in total. The lowest BCUT2D eigenvalue weighted by molar-refractivity contribution is -0.121. The summed E-state index contributed by atoms with van der Waals surface area (Å²) in [5, 5.41) is 2.98. The highest BCUT2D eigenvalue weighted by atomic mass is 16.5. The van der Waals surface area contributed by atoms with Crippen molar-refractivity contribution >= 4 is 5.91 Å². The summed E-state index contributed by atoms with van der Waals surface area (Å²) in [5.41, 5.74) is 2.36. The van der Waals surface area contributed by atoms with Crippen LogP contribution in [-0.2, 0) is 17.6 Å². The lowest BCUT2D eigenvalue weighted by Crippen LogP contribution is -2.24. The summed E-state index contributed by atoms with van der Waals surface area (Å²) in [6.07, 6.45) is 3.09. The van der Waals surface area contributed by atoms with Crippen molar-refractivity contribution in [2.75, 3.05) is 20.8 Å². The van der Waals surface area contributed by atoms with Gasteiger partial charge in [0.1, 0.15) is 0 Å². The summed E-state index contributed by atoms with van der Waals surface area (Å²) in [5.74, 6) is 1.47. The summed E-state index contributed by atoms with van der Waals surface area (Å²) >= 11 is 0. The maximum Gasteiger partial charge on any atom is 0.220 e. The van der Waals surface area contributed by atoms with Gasteiger partial charge in [-0.1, -0.05) is 36.4 Å². The average Bonchev–Trinajstić information content (AvgIpc) is 2.64. The predicted octanol–water partition coefficient (Wildman–Crippen LogP) is 3.39. The Balaban J connectivity index is 1.69. The molecular weight excluding hydrogens is 302 g/mol. The normalized spacial score (nSPS) is 10.2. The third-order valence-corrected chi connectivity index (χ3v) is 3.90. The fraction of sp³-hybridized carbons (Fsp3) is 0.350. The maximum atomic E-state index is 11.9. The Kier molecular flexibility index (Phi) is 7.15. The minimum Gasteiger partial charge on any atom is -0.493 e. The first-order chi connectivity index (χ1) is 11.7. The summed E-state index contributed by atoms with van der Waals surface area (Å²) in [6, 6.07) is 16.1. The van der Waals surface area contributed by atoms with Gasteiger partial charge in [0.25, 0.3) is 0 Å². The molecule has 0 aliphatic rings. The molecule has 2 aromatic carbocycles. The summed E-state index contributed by atoms with van der Waals surface area (Å²) in [7, 11) is 3.22. The number of hydrogen-bond donors (Lipinski definition) is 1. The molecule has 0 heterocycles. The van der Waals surface area contributed by atoms with Crippen molar-refractivity contribution in [3.05, 3.63) is 59.7 Å². The molecule has 0 aromatic heterocycles. The Bertz CT molecular complexity index is 641. The average molecular weight is 327 g/mol. The molecule has 0 bridgehead atoms. The molecule has 1 amide bonds. The van der Waals surface area contributed by atoms with E-state index in [2.05, 4.69) is 17.4 Å².